The van der Waals surface area contributed by atoms with E-state index in [0.717, 1.165) is 53.9 Å². The van der Waals surface area contributed by atoms with Gasteiger partial charge in [-0.3, -0.25) is 14.0 Å². The van der Waals surface area contributed by atoms with Crippen LogP contribution in [0.2, 0.25) is 0 Å². The number of carbonyl (C=O) groups excluding carboxylic acids is 1. The highest BCUT2D eigenvalue weighted by Gasteiger charge is 2.22. The number of aromatic nitrogens is 4. The number of amides is 1. The second-order valence-electron chi connectivity index (χ2n) is 9.38. The van der Waals surface area contributed by atoms with E-state index in [1.54, 1.807) is 4.57 Å². The first-order valence-electron chi connectivity index (χ1n) is 11.8. The maximum atomic E-state index is 13.5. The largest absolute Gasteiger partial charge is 0.353 e. The number of nitrogens with one attached hydrogen (secondary N) is 1. The van der Waals surface area contributed by atoms with Crippen molar-refractivity contribution in [2.75, 3.05) is 5.75 Å². The van der Waals surface area contributed by atoms with Crippen molar-refractivity contribution in [1.82, 2.24) is 24.5 Å². The molecule has 8 heteroatoms. The Hall–Kier alpha value is -3.13. The van der Waals surface area contributed by atoms with Crippen molar-refractivity contribution in [3.8, 4) is 5.69 Å². The zero-order valence-electron chi connectivity index (χ0n) is 19.7. The summed E-state index contributed by atoms with van der Waals surface area (Å²) in [5.74, 6) is 1.45. The van der Waals surface area contributed by atoms with Crippen LogP contribution in [0.25, 0.3) is 22.4 Å². The summed E-state index contributed by atoms with van der Waals surface area (Å²) in [7, 11) is 0. The number of rotatable bonds is 5. The number of thioether (sulfide) groups is 1. The van der Waals surface area contributed by atoms with Crippen LogP contribution in [0.1, 0.15) is 43.7 Å². The average Bonchev–Trinajstić information content (AvgIpc) is 3.24. The molecule has 1 aliphatic carbocycles. The van der Waals surface area contributed by atoms with E-state index < -0.39 is 0 Å². The summed E-state index contributed by atoms with van der Waals surface area (Å²) in [6, 6.07) is 13.7. The van der Waals surface area contributed by atoms with Gasteiger partial charge in [0.1, 0.15) is 0 Å². The van der Waals surface area contributed by atoms with Crippen molar-refractivity contribution < 1.29 is 4.79 Å². The SMILES string of the molecule is Cc1ccc(-n2c(=O)c3ccccc3n3c(SCC(=O)NC4CCC(C)CC4)nnc23)c(C)c1. The Labute approximate surface area is 202 Å². The van der Waals surface area contributed by atoms with Gasteiger partial charge in [-0.2, -0.15) is 0 Å². The van der Waals surface area contributed by atoms with Crippen LogP contribution in [-0.2, 0) is 4.79 Å². The third kappa shape index (κ3) is 4.22. The van der Waals surface area contributed by atoms with E-state index >= 15 is 0 Å². The van der Waals surface area contributed by atoms with Gasteiger partial charge >= 0.3 is 0 Å². The van der Waals surface area contributed by atoms with Gasteiger partial charge < -0.3 is 5.32 Å². The van der Waals surface area contributed by atoms with Crippen LogP contribution in [0.5, 0.6) is 0 Å². The molecule has 0 aliphatic heterocycles. The molecule has 1 fully saturated rings. The second kappa shape index (κ2) is 9.25. The molecule has 1 amide bonds. The molecule has 0 atom stereocenters. The molecule has 0 saturated heterocycles. The number of hydrogen-bond acceptors (Lipinski definition) is 5. The van der Waals surface area contributed by atoms with Crippen LogP contribution < -0.4 is 10.9 Å². The number of carbonyl (C=O) groups is 1. The molecule has 5 rings (SSSR count). The van der Waals surface area contributed by atoms with Crippen molar-refractivity contribution in [3.63, 3.8) is 0 Å². The highest BCUT2D eigenvalue weighted by atomic mass is 32.2. The number of fused-ring (bicyclic) bond motifs is 3. The van der Waals surface area contributed by atoms with E-state index in [4.69, 9.17) is 0 Å². The fourth-order valence-electron chi connectivity index (χ4n) is 4.85. The lowest BCUT2D eigenvalue weighted by Gasteiger charge is -2.26. The van der Waals surface area contributed by atoms with Crippen LogP contribution in [-0.4, -0.2) is 36.9 Å². The molecule has 2 aromatic carbocycles. The van der Waals surface area contributed by atoms with Gasteiger partial charge in [0.25, 0.3) is 5.56 Å². The minimum atomic E-state index is -0.136. The minimum Gasteiger partial charge on any atom is -0.353 e. The number of hydrogen-bond donors (Lipinski definition) is 1. The zero-order chi connectivity index (χ0) is 23.8. The summed E-state index contributed by atoms with van der Waals surface area (Å²) in [5.41, 5.74) is 3.49. The lowest BCUT2D eigenvalue weighted by atomic mass is 9.87. The Morgan fingerprint density at radius 1 is 1.09 bits per heavy atom. The molecule has 4 aromatic rings. The topological polar surface area (TPSA) is 81.3 Å². The molecular weight excluding hydrogens is 446 g/mol. The van der Waals surface area contributed by atoms with Gasteiger partial charge in [-0.15, -0.1) is 10.2 Å². The molecule has 0 radical (unpaired) electrons. The quantitative estimate of drug-likeness (QED) is 0.432. The van der Waals surface area contributed by atoms with Crippen molar-refractivity contribution >= 4 is 34.3 Å². The summed E-state index contributed by atoms with van der Waals surface area (Å²) in [4.78, 5) is 26.2. The standard InChI is InChI=1S/C26H29N5O2S/c1-16-8-11-19(12-9-16)27-23(32)15-34-26-29-28-25-30(21-13-10-17(2)14-18(21)3)24(33)20-6-4-5-7-22(20)31(25)26/h4-7,10,13-14,16,19H,8-9,11-12,15H2,1-3H3,(H,27,32). The van der Waals surface area contributed by atoms with Gasteiger partial charge in [0.15, 0.2) is 5.16 Å². The molecule has 7 nitrogen and oxygen atoms in total. The smallest absolute Gasteiger partial charge is 0.267 e. The van der Waals surface area contributed by atoms with E-state index in [0.29, 0.717) is 16.3 Å². The first-order chi connectivity index (χ1) is 16.4. The minimum absolute atomic E-state index is 0.00769. The highest BCUT2D eigenvalue weighted by molar-refractivity contribution is 7.99. The predicted octanol–water partition coefficient (Wildman–Crippen LogP) is 4.44. The third-order valence-electron chi connectivity index (χ3n) is 6.70. The first-order valence-corrected chi connectivity index (χ1v) is 12.8. The maximum Gasteiger partial charge on any atom is 0.267 e. The Balaban J connectivity index is 1.51. The molecule has 0 unspecified atom stereocenters. The molecule has 1 N–H and O–H groups in total. The molecule has 0 spiro atoms. The van der Waals surface area contributed by atoms with Crippen LogP contribution in [0.15, 0.2) is 52.4 Å². The van der Waals surface area contributed by atoms with Gasteiger partial charge in [-0.05, 0) is 69.2 Å². The van der Waals surface area contributed by atoms with Gasteiger partial charge in [-0.1, -0.05) is 48.5 Å². The van der Waals surface area contributed by atoms with E-state index in [-0.39, 0.29) is 23.3 Å². The van der Waals surface area contributed by atoms with E-state index in [2.05, 4.69) is 28.5 Å². The van der Waals surface area contributed by atoms with Crippen LogP contribution >= 0.6 is 11.8 Å². The Morgan fingerprint density at radius 3 is 2.62 bits per heavy atom. The fraction of sp³-hybridized carbons (Fsp3) is 0.385. The van der Waals surface area contributed by atoms with Crippen LogP contribution in [0.4, 0.5) is 0 Å². The van der Waals surface area contributed by atoms with Gasteiger partial charge in [0.05, 0.1) is 22.3 Å². The van der Waals surface area contributed by atoms with Gasteiger partial charge in [0, 0.05) is 6.04 Å². The fourth-order valence-corrected chi connectivity index (χ4v) is 5.60. The molecule has 34 heavy (non-hydrogen) atoms. The lowest BCUT2D eigenvalue weighted by molar-refractivity contribution is -0.119. The van der Waals surface area contributed by atoms with Crippen molar-refractivity contribution in [2.45, 2.75) is 57.7 Å². The molecule has 2 heterocycles. The van der Waals surface area contributed by atoms with Gasteiger partial charge in [-0.25, -0.2) is 4.57 Å². The Morgan fingerprint density at radius 2 is 1.85 bits per heavy atom. The first kappa shape index (κ1) is 22.7. The summed E-state index contributed by atoms with van der Waals surface area (Å²) < 4.78 is 3.51. The average molecular weight is 476 g/mol. The third-order valence-corrected chi connectivity index (χ3v) is 7.63. The van der Waals surface area contributed by atoms with Crippen LogP contribution in [0, 0.1) is 19.8 Å². The monoisotopic (exact) mass is 475 g/mol. The zero-order valence-corrected chi connectivity index (χ0v) is 20.6. The molecule has 176 valence electrons. The van der Waals surface area contributed by atoms with Crippen molar-refractivity contribution in [1.29, 1.82) is 0 Å². The molecule has 1 aliphatic rings. The summed E-state index contributed by atoms with van der Waals surface area (Å²) in [6.45, 7) is 6.29. The van der Waals surface area contributed by atoms with Crippen molar-refractivity contribution in [3.05, 3.63) is 63.9 Å². The second-order valence-corrected chi connectivity index (χ2v) is 10.3. The number of benzene rings is 2. The van der Waals surface area contributed by atoms with Crippen molar-refractivity contribution in [2.24, 2.45) is 5.92 Å². The van der Waals surface area contributed by atoms with Crippen LogP contribution in [0.3, 0.4) is 0 Å². The van der Waals surface area contributed by atoms with E-state index in [9.17, 15) is 9.59 Å². The summed E-state index contributed by atoms with van der Waals surface area (Å²) in [5, 5.41) is 13.1. The lowest BCUT2D eigenvalue weighted by Crippen LogP contribution is -2.38. The Bertz CT molecular complexity index is 1430. The maximum absolute atomic E-state index is 13.5. The summed E-state index contributed by atoms with van der Waals surface area (Å²) in [6.07, 6.45) is 4.40. The predicted molar refractivity (Wildman–Crippen MR) is 136 cm³/mol. The molecule has 2 aromatic heterocycles. The van der Waals surface area contributed by atoms with E-state index in [1.807, 2.05) is 54.6 Å². The van der Waals surface area contributed by atoms with E-state index in [1.165, 1.54) is 11.8 Å². The normalized spacial score (nSPS) is 18.4. The highest BCUT2D eigenvalue weighted by Crippen LogP contribution is 2.26. The number of nitrogens with zero attached hydrogens (tertiary/aromatic N) is 4. The Kier molecular flexibility index (Phi) is 6.16. The van der Waals surface area contributed by atoms with Gasteiger partial charge in [0.2, 0.25) is 11.7 Å². The molecular formula is C26H29N5O2S. The molecule has 1 saturated carbocycles. The molecule has 0 bridgehead atoms. The number of para-hydroxylation sites is 1. The summed E-state index contributed by atoms with van der Waals surface area (Å²) >= 11 is 1.35. The number of aryl methyl sites for hydroxylation is 2.